The highest BCUT2D eigenvalue weighted by molar-refractivity contribution is 8.01. The second kappa shape index (κ2) is 9.61. The Morgan fingerprint density at radius 3 is 2.91 bits per heavy atom. The average molecular weight is 533 g/mol. The largest absolute Gasteiger partial charge is 0.477 e. The van der Waals surface area contributed by atoms with E-state index in [0.717, 1.165) is 4.90 Å². The quantitative estimate of drug-likeness (QED) is 0.275. The van der Waals surface area contributed by atoms with Crippen molar-refractivity contribution in [2.24, 2.45) is 0 Å². The minimum absolute atomic E-state index is 0.111. The average Bonchev–Trinajstić information content (AvgIpc) is 3.49. The van der Waals surface area contributed by atoms with E-state index in [4.69, 9.17) is 4.74 Å². The number of aromatic nitrogens is 2. The van der Waals surface area contributed by atoms with E-state index in [-0.39, 0.29) is 11.4 Å². The standard InChI is InChI=1S/C17H16N4O6S5/c1-27-17(19-10(22)7-32(26)11-3-2-4-28-11)14(25)21-12(13(23)24)9(5-29-15(17)21)6-30-16-20-18-8-31-16/h2-4,8,15H,5-7H2,1H3,(H,19,22)(H,23,24)/t15-,17-,32?/m0/s1. The van der Waals surface area contributed by atoms with Crippen LogP contribution in [0.3, 0.4) is 0 Å². The molecule has 3 atom stereocenters. The fourth-order valence-corrected chi connectivity index (χ4v) is 8.23. The van der Waals surface area contributed by atoms with Crippen molar-refractivity contribution in [1.29, 1.82) is 0 Å². The number of aliphatic carboxylic acids is 1. The molecule has 1 saturated heterocycles. The molecule has 0 bridgehead atoms. The second-order valence-corrected chi connectivity index (χ2v) is 12.2. The molecule has 1 unspecified atom stereocenters. The summed E-state index contributed by atoms with van der Waals surface area (Å²) in [5.74, 6) is -2.18. The van der Waals surface area contributed by atoms with Crippen molar-refractivity contribution in [2.75, 3.05) is 24.4 Å². The van der Waals surface area contributed by atoms with Crippen molar-refractivity contribution >= 4 is 74.8 Å². The van der Waals surface area contributed by atoms with Crippen LogP contribution in [0.1, 0.15) is 0 Å². The van der Waals surface area contributed by atoms with Gasteiger partial charge in [0.25, 0.3) is 11.6 Å². The van der Waals surface area contributed by atoms with Crippen LogP contribution in [-0.4, -0.2) is 77.7 Å². The van der Waals surface area contributed by atoms with Gasteiger partial charge in [-0.25, -0.2) is 4.79 Å². The number of amides is 2. The number of carbonyl (C=O) groups excluding carboxylic acids is 2. The Balaban J connectivity index is 1.50. The fraction of sp³-hybridized carbons (Fsp3) is 0.353. The van der Waals surface area contributed by atoms with Crippen LogP contribution in [0.5, 0.6) is 0 Å². The molecule has 2 N–H and O–H groups in total. The summed E-state index contributed by atoms with van der Waals surface area (Å²) >= 11 is 5.25. The van der Waals surface area contributed by atoms with Gasteiger partial charge in [0.05, 0.1) is 15.0 Å². The van der Waals surface area contributed by atoms with E-state index in [1.165, 1.54) is 53.3 Å². The summed E-state index contributed by atoms with van der Waals surface area (Å²) in [6.07, 6.45) is 0. The molecule has 2 aliphatic heterocycles. The summed E-state index contributed by atoms with van der Waals surface area (Å²) < 4.78 is 19.0. The van der Waals surface area contributed by atoms with Gasteiger partial charge in [0.1, 0.15) is 22.3 Å². The van der Waals surface area contributed by atoms with Crippen LogP contribution in [0, 0.1) is 0 Å². The number of nitrogens with zero attached hydrogens (tertiary/aromatic N) is 3. The first kappa shape index (κ1) is 23.4. The number of fused-ring (bicyclic) bond motifs is 1. The molecule has 4 heterocycles. The number of hydrogen-bond donors (Lipinski definition) is 2. The molecule has 4 rings (SSSR count). The predicted molar refractivity (Wildman–Crippen MR) is 122 cm³/mol. The molecule has 2 aromatic rings. The van der Waals surface area contributed by atoms with E-state index in [2.05, 4.69) is 15.5 Å². The molecular weight excluding hydrogens is 517 g/mol. The predicted octanol–water partition coefficient (Wildman–Crippen LogP) is 1.21. The molecule has 15 heteroatoms. The number of thiophene rings is 1. The topological polar surface area (TPSA) is 139 Å². The first-order valence-electron chi connectivity index (χ1n) is 8.95. The number of rotatable bonds is 9. The van der Waals surface area contributed by atoms with Gasteiger partial charge in [-0.1, -0.05) is 29.2 Å². The van der Waals surface area contributed by atoms with Gasteiger partial charge in [-0.3, -0.25) is 18.7 Å². The number of carbonyl (C=O) groups is 3. The Morgan fingerprint density at radius 2 is 2.28 bits per heavy atom. The number of ether oxygens (including phenoxy) is 1. The first-order chi connectivity index (χ1) is 15.4. The van der Waals surface area contributed by atoms with E-state index >= 15 is 0 Å². The van der Waals surface area contributed by atoms with Crippen LogP contribution in [0.15, 0.2) is 42.8 Å². The number of carboxylic acids is 1. The Bertz CT molecular complexity index is 1090. The lowest BCUT2D eigenvalue weighted by atomic mass is 9.98. The molecule has 0 spiro atoms. The monoisotopic (exact) mass is 532 g/mol. The van der Waals surface area contributed by atoms with Crippen LogP contribution < -0.4 is 5.32 Å². The minimum Gasteiger partial charge on any atom is -0.477 e. The Hall–Kier alpha value is -1.78. The van der Waals surface area contributed by atoms with E-state index < -0.39 is 39.7 Å². The van der Waals surface area contributed by atoms with Gasteiger partial charge < -0.3 is 15.2 Å². The Labute approximate surface area is 201 Å². The van der Waals surface area contributed by atoms with E-state index in [9.17, 15) is 23.7 Å². The number of β-lactam (4-membered cyclic amide) rings is 1. The molecule has 0 radical (unpaired) electrons. The van der Waals surface area contributed by atoms with Crippen molar-refractivity contribution in [3.63, 3.8) is 0 Å². The smallest absolute Gasteiger partial charge is 0.352 e. The summed E-state index contributed by atoms with van der Waals surface area (Å²) in [6, 6.07) is 3.40. The highest BCUT2D eigenvalue weighted by atomic mass is 32.2. The highest BCUT2D eigenvalue weighted by Gasteiger charge is 2.66. The van der Waals surface area contributed by atoms with Crippen LogP contribution >= 0.6 is 46.2 Å². The molecular formula is C17H16N4O6S5. The van der Waals surface area contributed by atoms with Crippen molar-refractivity contribution in [2.45, 2.75) is 19.6 Å². The SMILES string of the molecule is CO[C@@]1(NC(=O)CS(=O)c2cccs2)C(=O)N2C(C(=O)O)=C(CSc3nncs3)CS[C@H]21. The summed E-state index contributed by atoms with van der Waals surface area (Å²) in [7, 11) is -0.277. The maximum Gasteiger partial charge on any atom is 0.352 e. The molecule has 0 saturated carbocycles. The fourth-order valence-electron chi connectivity index (χ4n) is 3.26. The van der Waals surface area contributed by atoms with Crippen LogP contribution in [0.4, 0.5) is 0 Å². The number of hydrogen-bond acceptors (Lipinski definition) is 11. The van der Waals surface area contributed by atoms with Crippen LogP contribution in [0.2, 0.25) is 0 Å². The van der Waals surface area contributed by atoms with Gasteiger partial charge in [0.2, 0.25) is 5.91 Å². The molecule has 2 aliphatic rings. The molecule has 0 aromatic carbocycles. The number of carboxylic acid groups (broad SMARTS) is 1. The molecule has 2 aromatic heterocycles. The summed E-state index contributed by atoms with van der Waals surface area (Å²) in [6.45, 7) is 0. The van der Waals surface area contributed by atoms with Gasteiger partial charge in [-0.15, -0.1) is 33.3 Å². The molecule has 0 aliphatic carbocycles. The van der Waals surface area contributed by atoms with E-state index in [0.29, 0.717) is 25.6 Å². The van der Waals surface area contributed by atoms with Crippen molar-refractivity contribution in [1.82, 2.24) is 20.4 Å². The minimum atomic E-state index is -1.71. The molecule has 32 heavy (non-hydrogen) atoms. The lowest BCUT2D eigenvalue weighted by Gasteiger charge is -2.55. The zero-order valence-electron chi connectivity index (χ0n) is 16.4. The van der Waals surface area contributed by atoms with Crippen molar-refractivity contribution in [3.05, 3.63) is 34.3 Å². The third-order valence-electron chi connectivity index (χ3n) is 4.65. The first-order valence-corrected chi connectivity index (χ1v) is 14.1. The number of nitrogens with one attached hydrogen (secondary N) is 1. The third-order valence-corrected chi connectivity index (χ3v) is 10.6. The maximum absolute atomic E-state index is 13.1. The van der Waals surface area contributed by atoms with E-state index in [1.807, 2.05) is 0 Å². The van der Waals surface area contributed by atoms with Crippen molar-refractivity contribution < 1.29 is 28.4 Å². The molecule has 170 valence electrons. The normalized spacial score (nSPS) is 23.5. The van der Waals surface area contributed by atoms with Gasteiger partial charge in [0, 0.05) is 18.6 Å². The molecule has 1 fully saturated rings. The second-order valence-electron chi connectivity index (χ2n) is 6.50. The van der Waals surface area contributed by atoms with Gasteiger partial charge in [-0.05, 0) is 17.0 Å². The summed E-state index contributed by atoms with van der Waals surface area (Å²) in [5.41, 5.74) is 0.336. The number of methoxy groups -OCH3 is 1. The van der Waals surface area contributed by atoms with Crippen molar-refractivity contribution in [3.8, 4) is 0 Å². The van der Waals surface area contributed by atoms with Gasteiger partial charge in [-0.2, -0.15) is 0 Å². The Morgan fingerprint density at radius 1 is 1.47 bits per heavy atom. The zero-order chi connectivity index (χ0) is 22.9. The summed E-state index contributed by atoms with van der Waals surface area (Å²) in [4.78, 5) is 38.8. The van der Waals surface area contributed by atoms with Crippen LogP contribution in [0.25, 0.3) is 0 Å². The third kappa shape index (κ3) is 4.24. The molecule has 10 nitrogen and oxygen atoms in total. The lowest BCUT2D eigenvalue weighted by molar-refractivity contribution is -0.192. The maximum atomic E-state index is 13.1. The Kier molecular flexibility index (Phi) is 7.02. The van der Waals surface area contributed by atoms with E-state index in [1.54, 1.807) is 23.0 Å². The van der Waals surface area contributed by atoms with Gasteiger partial charge in [0.15, 0.2) is 4.34 Å². The van der Waals surface area contributed by atoms with Gasteiger partial charge >= 0.3 is 5.97 Å². The lowest BCUT2D eigenvalue weighted by Crippen LogP contribution is -2.80. The summed E-state index contributed by atoms with van der Waals surface area (Å²) in [5, 5.41) is 21.0. The molecule has 2 amide bonds. The van der Waals surface area contributed by atoms with Crippen LogP contribution in [-0.2, 0) is 29.9 Å². The highest BCUT2D eigenvalue weighted by Crippen LogP contribution is 2.47. The zero-order valence-corrected chi connectivity index (χ0v) is 20.5. The number of thioether (sulfide) groups is 2.